The van der Waals surface area contributed by atoms with Crippen molar-refractivity contribution in [2.75, 3.05) is 18.4 Å². The molecule has 2 aromatic heterocycles. The number of anilines is 2. The predicted molar refractivity (Wildman–Crippen MR) is 131 cm³/mol. The summed E-state index contributed by atoms with van der Waals surface area (Å²) >= 11 is 0. The number of nitrogens with zero attached hydrogens (tertiary/aromatic N) is 6. The molecule has 1 aromatic carbocycles. The third-order valence-electron chi connectivity index (χ3n) is 6.95. The first-order valence-corrected chi connectivity index (χ1v) is 12.2. The highest BCUT2D eigenvalue weighted by Gasteiger charge is 2.27. The fourth-order valence-electron chi connectivity index (χ4n) is 5.11. The first kappa shape index (κ1) is 23.0. The molecule has 2 atom stereocenters. The van der Waals surface area contributed by atoms with Crippen LogP contribution in [-0.4, -0.2) is 54.9 Å². The number of likely N-dealkylation sites (tertiary alicyclic amines) is 1. The van der Waals surface area contributed by atoms with Gasteiger partial charge in [-0.25, -0.2) is 9.97 Å². The summed E-state index contributed by atoms with van der Waals surface area (Å²) in [4.78, 5) is 23.4. The van der Waals surface area contributed by atoms with Crippen molar-refractivity contribution in [3.8, 4) is 17.3 Å². The fraction of sp³-hybridized carbons (Fsp3) is 0.423. The summed E-state index contributed by atoms with van der Waals surface area (Å²) in [6.45, 7) is 0.928. The zero-order chi connectivity index (χ0) is 24.2. The van der Waals surface area contributed by atoms with E-state index in [0.29, 0.717) is 49.0 Å². The minimum absolute atomic E-state index is 0.0904. The van der Waals surface area contributed by atoms with Crippen LogP contribution in [0.5, 0.6) is 0 Å². The summed E-state index contributed by atoms with van der Waals surface area (Å²) in [6, 6.07) is 11.5. The van der Waals surface area contributed by atoms with Crippen LogP contribution in [0.4, 0.5) is 11.6 Å². The highest BCUT2D eigenvalue weighted by molar-refractivity contribution is 5.95. The molecule has 0 bridgehead atoms. The number of nitrogens with one attached hydrogen (secondary N) is 1. The smallest absolute Gasteiger partial charge is 0.254 e. The number of carbonyl (C=O) groups is 1. The third kappa shape index (κ3) is 5.17. The van der Waals surface area contributed by atoms with Gasteiger partial charge in [0.2, 0.25) is 5.95 Å². The van der Waals surface area contributed by atoms with Gasteiger partial charge in [-0.2, -0.15) is 10.4 Å². The Morgan fingerprint density at radius 3 is 2.89 bits per heavy atom. The summed E-state index contributed by atoms with van der Waals surface area (Å²) < 4.78 is 1.92. The number of β-amino-alcohol motifs (C(OH)–C–C–N with tert-alkyl or cyclic N) is 1. The molecule has 2 N–H and O–H groups in total. The molecule has 9 heteroatoms. The lowest BCUT2D eigenvalue weighted by Gasteiger charge is -2.21. The molecule has 9 nitrogen and oxygen atoms in total. The molecule has 35 heavy (non-hydrogen) atoms. The second-order valence-electron chi connectivity index (χ2n) is 9.35. The van der Waals surface area contributed by atoms with E-state index >= 15 is 0 Å². The van der Waals surface area contributed by atoms with Gasteiger partial charge in [-0.05, 0) is 49.4 Å². The van der Waals surface area contributed by atoms with Crippen LogP contribution in [-0.2, 0) is 0 Å². The van der Waals surface area contributed by atoms with E-state index in [0.717, 1.165) is 24.1 Å². The monoisotopic (exact) mass is 471 g/mol. The molecule has 2 aliphatic rings. The maximum Gasteiger partial charge on any atom is 0.254 e. The Bertz CT molecular complexity index is 1230. The molecule has 0 radical (unpaired) electrons. The Balaban J connectivity index is 1.31. The second-order valence-corrected chi connectivity index (χ2v) is 9.35. The van der Waals surface area contributed by atoms with Crippen molar-refractivity contribution in [1.82, 2.24) is 24.6 Å². The fourth-order valence-corrected chi connectivity index (χ4v) is 5.11. The number of aliphatic hydroxyl groups is 1. The zero-order valence-electron chi connectivity index (χ0n) is 19.5. The van der Waals surface area contributed by atoms with Crippen LogP contribution in [0.1, 0.15) is 54.9 Å². The molecular weight excluding hydrogens is 442 g/mol. The Morgan fingerprint density at radius 1 is 1.26 bits per heavy atom. The van der Waals surface area contributed by atoms with Gasteiger partial charge >= 0.3 is 0 Å². The standard InChI is InChI=1S/C26H29N7O2/c27-11-8-24(18-4-1-2-5-18)33-16-20(15-29-33)23-9-12-28-26(31-23)30-21-7-3-6-19(14-21)25(35)32-13-10-22(34)17-32/h3,6-7,9,12,14-16,18,22,24,34H,1-2,4-5,8,10,13,17H2,(H,28,30,31). The summed E-state index contributed by atoms with van der Waals surface area (Å²) in [7, 11) is 0. The lowest BCUT2D eigenvalue weighted by Crippen LogP contribution is -2.29. The molecule has 1 amide bonds. The lowest BCUT2D eigenvalue weighted by atomic mass is 9.96. The summed E-state index contributed by atoms with van der Waals surface area (Å²) in [5, 5.41) is 26.8. The van der Waals surface area contributed by atoms with Crippen molar-refractivity contribution in [2.45, 2.75) is 50.7 Å². The number of aromatic nitrogens is 4. The Labute approximate surface area is 204 Å². The number of rotatable bonds is 7. The van der Waals surface area contributed by atoms with Gasteiger partial charge < -0.3 is 15.3 Å². The van der Waals surface area contributed by atoms with Gasteiger partial charge in [0.15, 0.2) is 0 Å². The minimum atomic E-state index is -0.450. The van der Waals surface area contributed by atoms with Crippen molar-refractivity contribution in [2.24, 2.45) is 5.92 Å². The van der Waals surface area contributed by atoms with Gasteiger partial charge in [-0.3, -0.25) is 9.48 Å². The van der Waals surface area contributed by atoms with Gasteiger partial charge in [0, 0.05) is 42.3 Å². The van der Waals surface area contributed by atoms with E-state index in [9.17, 15) is 15.2 Å². The lowest BCUT2D eigenvalue weighted by molar-refractivity contribution is 0.0765. The van der Waals surface area contributed by atoms with Crippen LogP contribution in [0, 0.1) is 17.2 Å². The summed E-state index contributed by atoms with van der Waals surface area (Å²) in [5.74, 6) is 0.811. The highest BCUT2D eigenvalue weighted by Crippen LogP contribution is 2.36. The van der Waals surface area contributed by atoms with E-state index < -0.39 is 6.10 Å². The summed E-state index contributed by atoms with van der Waals surface area (Å²) in [5.41, 5.74) is 2.86. The number of hydrogen-bond acceptors (Lipinski definition) is 7. The number of benzene rings is 1. The van der Waals surface area contributed by atoms with E-state index in [1.165, 1.54) is 12.8 Å². The number of carbonyl (C=O) groups excluding carboxylic acids is 1. The molecule has 2 fully saturated rings. The van der Waals surface area contributed by atoms with Crippen molar-refractivity contribution >= 4 is 17.5 Å². The maximum absolute atomic E-state index is 12.8. The second kappa shape index (κ2) is 10.2. The molecule has 5 rings (SSSR count). The van der Waals surface area contributed by atoms with Crippen LogP contribution in [0.3, 0.4) is 0 Å². The van der Waals surface area contributed by atoms with Crippen LogP contribution in [0.25, 0.3) is 11.3 Å². The van der Waals surface area contributed by atoms with Crippen LogP contribution in [0.2, 0.25) is 0 Å². The SMILES string of the molecule is N#CCC(C1CCCC1)n1cc(-c2ccnc(Nc3cccc(C(=O)N4CCC(O)C4)c3)n2)cn1. The zero-order valence-corrected chi connectivity index (χ0v) is 19.5. The van der Waals surface area contributed by atoms with Crippen LogP contribution < -0.4 is 5.32 Å². The van der Waals surface area contributed by atoms with Crippen LogP contribution in [0.15, 0.2) is 48.9 Å². The molecule has 2 unspecified atom stereocenters. The number of amides is 1. The summed E-state index contributed by atoms with van der Waals surface area (Å²) in [6.07, 6.45) is 10.8. The van der Waals surface area contributed by atoms with Crippen molar-refractivity contribution in [3.05, 3.63) is 54.5 Å². The molecular formula is C26H29N7O2. The van der Waals surface area contributed by atoms with Gasteiger partial charge in [-0.1, -0.05) is 18.9 Å². The van der Waals surface area contributed by atoms with E-state index in [-0.39, 0.29) is 11.9 Å². The average Bonchev–Trinajstić information content (AvgIpc) is 3.65. The Hall–Kier alpha value is -3.77. The molecule has 1 saturated heterocycles. The van der Waals surface area contributed by atoms with E-state index in [1.54, 1.807) is 29.4 Å². The quantitative estimate of drug-likeness (QED) is 0.535. The van der Waals surface area contributed by atoms with E-state index in [2.05, 4.69) is 26.5 Å². The molecule has 3 heterocycles. The Kier molecular flexibility index (Phi) is 6.73. The largest absolute Gasteiger partial charge is 0.391 e. The topological polar surface area (TPSA) is 120 Å². The average molecular weight is 472 g/mol. The van der Waals surface area contributed by atoms with Crippen molar-refractivity contribution < 1.29 is 9.90 Å². The van der Waals surface area contributed by atoms with Gasteiger partial charge in [0.1, 0.15) is 0 Å². The normalized spacial score (nSPS) is 19.0. The van der Waals surface area contributed by atoms with Gasteiger partial charge in [0.05, 0.1) is 36.5 Å². The van der Waals surface area contributed by atoms with Crippen molar-refractivity contribution in [1.29, 1.82) is 5.26 Å². The third-order valence-corrected chi connectivity index (χ3v) is 6.95. The van der Waals surface area contributed by atoms with Crippen LogP contribution >= 0.6 is 0 Å². The maximum atomic E-state index is 12.8. The number of aliphatic hydroxyl groups excluding tert-OH is 1. The van der Waals surface area contributed by atoms with E-state index in [1.807, 2.05) is 29.1 Å². The Morgan fingerprint density at radius 2 is 2.11 bits per heavy atom. The van der Waals surface area contributed by atoms with Gasteiger partial charge in [-0.15, -0.1) is 0 Å². The minimum Gasteiger partial charge on any atom is -0.391 e. The molecule has 180 valence electrons. The van der Waals surface area contributed by atoms with Crippen molar-refractivity contribution in [3.63, 3.8) is 0 Å². The molecule has 3 aromatic rings. The molecule has 1 aliphatic heterocycles. The number of nitriles is 1. The number of hydrogen-bond donors (Lipinski definition) is 2. The highest BCUT2D eigenvalue weighted by atomic mass is 16.3. The first-order chi connectivity index (χ1) is 17.1. The molecule has 1 saturated carbocycles. The van der Waals surface area contributed by atoms with E-state index in [4.69, 9.17) is 0 Å². The predicted octanol–water partition coefficient (Wildman–Crippen LogP) is 3.94. The van der Waals surface area contributed by atoms with Gasteiger partial charge in [0.25, 0.3) is 5.91 Å². The molecule has 0 spiro atoms. The molecule has 1 aliphatic carbocycles. The first-order valence-electron chi connectivity index (χ1n) is 12.2.